The molecule has 0 nitrogen and oxygen atoms in total. The van der Waals surface area contributed by atoms with Crippen LogP contribution in [0.25, 0.3) is 32.0 Å². The Bertz CT molecular complexity index is 1580. The Hall–Kier alpha value is -1.81. The summed E-state index contributed by atoms with van der Waals surface area (Å²) in [6.45, 7) is 8.95. The first-order valence-corrected chi connectivity index (χ1v) is 16.2. The van der Waals surface area contributed by atoms with E-state index in [-0.39, 0.29) is 0 Å². The van der Waals surface area contributed by atoms with E-state index in [1.54, 1.807) is 0 Å². The molecule has 1 unspecified atom stereocenters. The molecule has 5 aromatic rings. The number of benzene rings is 2. The molecule has 0 saturated heterocycles. The molecule has 0 aliphatic carbocycles. The van der Waals surface area contributed by atoms with Gasteiger partial charge in [-0.05, 0) is 50.7 Å². The summed E-state index contributed by atoms with van der Waals surface area (Å²) in [5.74, 6) is 0. The first-order valence-electron chi connectivity index (χ1n) is 11.0. The maximum atomic E-state index is 6.81. The maximum Gasteiger partial charge on any atom is 0.0453 e. The van der Waals surface area contributed by atoms with Gasteiger partial charge in [-0.25, -0.2) is 0 Å². The van der Waals surface area contributed by atoms with E-state index >= 15 is 0 Å². The highest BCUT2D eigenvalue weighted by Crippen LogP contribution is 2.60. The summed E-state index contributed by atoms with van der Waals surface area (Å²) in [4.78, 5) is 8.26. The van der Waals surface area contributed by atoms with E-state index in [1.807, 2.05) is 34.0 Å². The molecule has 0 fully saturated rings. The number of fused-ring (bicyclic) bond motifs is 3. The summed E-state index contributed by atoms with van der Waals surface area (Å²) < 4.78 is 0. The molecule has 4 heterocycles. The maximum absolute atomic E-state index is 6.81. The smallest absolute Gasteiger partial charge is 0.0453 e. The number of rotatable bonds is 3. The van der Waals surface area contributed by atoms with Gasteiger partial charge in [-0.15, -0.1) is 34.0 Å². The Morgan fingerprint density at radius 2 is 1.24 bits per heavy atom. The zero-order valence-electron chi connectivity index (χ0n) is 18.9. The first kappa shape index (κ1) is 21.7. The van der Waals surface area contributed by atoms with Gasteiger partial charge in [-0.3, -0.25) is 0 Å². The molecule has 1 aliphatic heterocycles. The summed E-state index contributed by atoms with van der Waals surface area (Å²) in [5, 5.41) is 4.05. The highest BCUT2D eigenvalue weighted by Gasteiger charge is 2.42. The second-order valence-electron chi connectivity index (χ2n) is 8.60. The molecule has 3 aromatic heterocycles. The number of aryl methyl sites for hydroxylation is 4. The fourth-order valence-electron chi connectivity index (χ4n) is 5.05. The van der Waals surface area contributed by atoms with Crippen molar-refractivity contribution in [2.24, 2.45) is 0 Å². The fraction of sp³-hybridized carbons (Fsp3) is 0.143. The molecule has 1 aliphatic rings. The van der Waals surface area contributed by atoms with Gasteiger partial charge in [0, 0.05) is 62.6 Å². The van der Waals surface area contributed by atoms with Gasteiger partial charge in [-0.2, -0.15) is 0 Å². The highest BCUT2D eigenvalue weighted by atomic mass is 32.4. The van der Waals surface area contributed by atoms with Gasteiger partial charge in [0.1, 0.15) is 0 Å². The lowest BCUT2D eigenvalue weighted by atomic mass is 10.0. The lowest BCUT2D eigenvalue weighted by molar-refractivity contribution is 1.58. The van der Waals surface area contributed by atoms with Crippen molar-refractivity contribution in [1.29, 1.82) is 0 Å². The van der Waals surface area contributed by atoms with Crippen LogP contribution in [0.5, 0.6) is 0 Å². The van der Waals surface area contributed by atoms with Crippen LogP contribution in [0.4, 0.5) is 0 Å². The monoisotopic (exact) mass is 518 g/mol. The van der Waals surface area contributed by atoms with Gasteiger partial charge in [0.15, 0.2) is 0 Å². The van der Waals surface area contributed by atoms with Crippen LogP contribution in [-0.4, -0.2) is 0 Å². The van der Waals surface area contributed by atoms with Crippen LogP contribution in [0.2, 0.25) is 0 Å². The molecule has 5 heteroatoms. The van der Waals surface area contributed by atoms with Gasteiger partial charge in [0.05, 0.1) is 0 Å². The Morgan fingerprint density at radius 1 is 0.636 bits per heavy atom. The minimum absolute atomic E-state index is 1.29. The van der Waals surface area contributed by atoms with E-state index < -0.39 is 6.04 Å². The molecule has 0 radical (unpaired) electrons. The van der Waals surface area contributed by atoms with Crippen molar-refractivity contribution in [3.8, 4) is 32.0 Å². The Labute approximate surface area is 212 Å². The molecule has 2 aromatic carbocycles. The quantitative estimate of drug-likeness (QED) is 0.213. The van der Waals surface area contributed by atoms with E-state index in [0.29, 0.717) is 0 Å². The van der Waals surface area contributed by atoms with Crippen molar-refractivity contribution < 1.29 is 0 Å². The zero-order chi connectivity index (χ0) is 22.9. The van der Waals surface area contributed by atoms with Crippen molar-refractivity contribution in [3.05, 3.63) is 86.2 Å². The standard InChI is InChI=1S/C28H23PS4/c1-16-14-22(18(3)31-16)25-26-28(33-27(25)23-15-17(2)32-19(23)4)21-12-8-9-13-24(21)29(26,30)20-10-6-5-7-11-20/h5-15H,1-4H3. The zero-order valence-corrected chi connectivity index (χ0v) is 23.1. The average Bonchev–Trinajstić information content (AvgIpc) is 3.51. The molecule has 164 valence electrons. The molecular formula is C28H23PS4. The highest BCUT2D eigenvalue weighted by molar-refractivity contribution is 8.26. The van der Waals surface area contributed by atoms with Crippen LogP contribution in [0.3, 0.4) is 0 Å². The molecule has 0 spiro atoms. The van der Waals surface area contributed by atoms with Crippen LogP contribution >= 0.6 is 40.0 Å². The van der Waals surface area contributed by atoms with E-state index in [2.05, 4.69) is 94.4 Å². The molecule has 1 atom stereocenters. The summed E-state index contributed by atoms with van der Waals surface area (Å²) in [7, 11) is 0. The SMILES string of the molecule is Cc1cc(-c2sc3c(c2-c2cc(C)sc2C)P(=S)(c2ccccc2)c2ccccc2-3)c(C)s1. The molecule has 0 bridgehead atoms. The Balaban J connectivity index is 1.79. The predicted molar refractivity (Wildman–Crippen MR) is 155 cm³/mol. The van der Waals surface area contributed by atoms with Gasteiger partial charge in [0.2, 0.25) is 0 Å². The topological polar surface area (TPSA) is 0 Å². The van der Waals surface area contributed by atoms with Crippen LogP contribution in [0.1, 0.15) is 19.5 Å². The molecule has 0 saturated carbocycles. The largest absolute Gasteiger partial charge is 0.145 e. The summed E-state index contributed by atoms with van der Waals surface area (Å²) >= 11 is 12.5. The minimum atomic E-state index is -2.17. The normalized spacial score (nSPS) is 16.7. The van der Waals surface area contributed by atoms with E-state index in [9.17, 15) is 0 Å². The number of hydrogen-bond acceptors (Lipinski definition) is 4. The third-order valence-electron chi connectivity index (χ3n) is 6.40. The number of hydrogen-bond donors (Lipinski definition) is 0. The second kappa shape index (κ2) is 7.86. The average molecular weight is 519 g/mol. The van der Waals surface area contributed by atoms with Gasteiger partial charge in [-0.1, -0.05) is 66.4 Å². The van der Waals surface area contributed by atoms with Crippen molar-refractivity contribution in [3.63, 3.8) is 0 Å². The van der Waals surface area contributed by atoms with E-state index in [4.69, 9.17) is 11.8 Å². The second-order valence-corrected chi connectivity index (χ2v) is 16.8. The first-order chi connectivity index (χ1) is 15.9. The molecular weight excluding hydrogens is 496 g/mol. The van der Waals surface area contributed by atoms with Crippen molar-refractivity contribution in [1.82, 2.24) is 0 Å². The van der Waals surface area contributed by atoms with Crippen molar-refractivity contribution >= 4 is 67.8 Å². The van der Waals surface area contributed by atoms with Crippen LogP contribution < -0.4 is 15.9 Å². The molecule has 0 N–H and O–H groups in total. The van der Waals surface area contributed by atoms with Crippen LogP contribution in [0, 0.1) is 27.7 Å². The van der Waals surface area contributed by atoms with Gasteiger partial charge >= 0.3 is 0 Å². The van der Waals surface area contributed by atoms with Gasteiger partial charge < -0.3 is 0 Å². The Kier molecular flexibility index (Phi) is 5.17. The predicted octanol–water partition coefficient (Wildman–Crippen LogP) is 8.17. The number of thiophene rings is 3. The van der Waals surface area contributed by atoms with E-state index in [1.165, 1.54) is 67.4 Å². The van der Waals surface area contributed by atoms with Crippen LogP contribution in [0.15, 0.2) is 66.7 Å². The molecule has 33 heavy (non-hydrogen) atoms. The van der Waals surface area contributed by atoms with E-state index in [0.717, 1.165) is 0 Å². The minimum Gasteiger partial charge on any atom is -0.145 e. The molecule has 0 amide bonds. The third-order valence-corrected chi connectivity index (χ3v) is 14.7. The lowest BCUT2D eigenvalue weighted by Crippen LogP contribution is -2.21. The van der Waals surface area contributed by atoms with Crippen LogP contribution in [-0.2, 0) is 11.8 Å². The van der Waals surface area contributed by atoms with Crippen molar-refractivity contribution in [2.75, 3.05) is 0 Å². The lowest BCUT2D eigenvalue weighted by Gasteiger charge is -2.22. The molecule has 6 rings (SSSR count). The summed E-state index contributed by atoms with van der Waals surface area (Å²) in [6.07, 6.45) is 0. The fourth-order valence-corrected chi connectivity index (χ4v) is 13.7. The summed E-state index contributed by atoms with van der Waals surface area (Å²) in [5.41, 5.74) is 5.47. The Morgan fingerprint density at radius 3 is 1.88 bits per heavy atom. The van der Waals surface area contributed by atoms with Crippen molar-refractivity contribution in [2.45, 2.75) is 27.7 Å². The third kappa shape index (κ3) is 3.16. The summed E-state index contributed by atoms with van der Waals surface area (Å²) in [6, 6.07) is 22.4. The van der Waals surface area contributed by atoms with Gasteiger partial charge in [0.25, 0.3) is 0 Å².